The van der Waals surface area contributed by atoms with Crippen LogP contribution in [0.2, 0.25) is 6.32 Å². The van der Waals surface area contributed by atoms with Crippen molar-refractivity contribution in [2.24, 2.45) is 0 Å². The average molecular weight is 356 g/mol. The maximum atomic E-state index is 5.71. The molecule has 137 valence electrons. The van der Waals surface area contributed by atoms with Gasteiger partial charge in [-0.2, -0.15) is 0 Å². The molecule has 2 heterocycles. The summed E-state index contributed by atoms with van der Waals surface area (Å²) in [5.74, 6) is 7.47. The molecule has 2 aromatic carbocycles. The van der Waals surface area contributed by atoms with E-state index in [1.54, 1.807) is 0 Å². The van der Waals surface area contributed by atoms with Crippen LogP contribution in [0.25, 0.3) is 0 Å². The van der Waals surface area contributed by atoms with Crippen LogP contribution in [0.4, 0.5) is 5.69 Å². The minimum absolute atomic E-state index is 0.103. The highest BCUT2D eigenvalue weighted by atomic mass is 16.5. The Bertz CT molecular complexity index is 814. The average Bonchev–Trinajstić information content (AvgIpc) is 2.74. The van der Waals surface area contributed by atoms with E-state index in [-0.39, 0.29) is 6.04 Å². The highest BCUT2D eigenvalue weighted by Crippen LogP contribution is 2.27. The molecule has 27 heavy (non-hydrogen) atoms. The molecule has 2 saturated heterocycles. The van der Waals surface area contributed by atoms with Crippen LogP contribution in [-0.4, -0.2) is 33.1 Å². The molecule has 2 atom stereocenters. The lowest BCUT2D eigenvalue weighted by atomic mass is 9.54. The van der Waals surface area contributed by atoms with E-state index in [0.717, 1.165) is 18.7 Å². The fourth-order valence-corrected chi connectivity index (χ4v) is 4.13. The SMILES string of the molecule is Cc1ccccc1N1CCOCC1C#Cc1ccc(C2[B]CCCC2)cc1. The molecule has 4 rings (SSSR count). The van der Waals surface area contributed by atoms with Crippen LogP contribution in [0.3, 0.4) is 0 Å². The maximum Gasteiger partial charge on any atom is 0.119 e. The quantitative estimate of drug-likeness (QED) is 0.576. The third-order valence-corrected chi connectivity index (χ3v) is 5.70. The van der Waals surface area contributed by atoms with Crippen molar-refractivity contribution >= 4 is 13.0 Å². The Morgan fingerprint density at radius 1 is 1.07 bits per heavy atom. The third kappa shape index (κ3) is 4.39. The fourth-order valence-electron chi connectivity index (χ4n) is 4.13. The Labute approximate surface area is 164 Å². The summed E-state index contributed by atoms with van der Waals surface area (Å²) in [5.41, 5.74) is 5.08. The predicted molar refractivity (Wildman–Crippen MR) is 114 cm³/mol. The van der Waals surface area contributed by atoms with Crippen LogP contribution in [0, 0.1) is 18.8 Å². The Hall–Kier alpha value is -2.18. The molecule has 0 saturated carbocycles. The molecule has 1 radical (unpaired) electrons. The smallest absolute Gasteiger partial charge is 0.119 e. The van der Waals surface area contributed by atoms with Crippen LogP contribution >= 0.6 is 0 Å². The molecule has 0 aliphatic carbocycles. The molecule has 2 fully saturated rings. The predicted octanol–water partition coefficient (Wildman–Crippen LogP) is 4.60. The summed E-state index contributed by atoms with van der Waals surface area (Å²) in [6.45, 7) is 4.48. The number of morpholine rings is 1. The van der Waals surface area contributed by atoms with Gasteiger partial charge >= 0.3 is 0 Å². The first-order chi connectivity index (χ1) is 13.3. The monoisotopic (exact) mass is 356 g/mol. The second-order valence-electron chi connectivity index (χ2n) is 7.59. The lowest BCUT2D eigenvalue weighted by Crippen LogP contribution is -2.45. The van der Waals surface area contributed by atoms with Crippen molar-refractivity contribution in [3.05, 3.63) is 65.2 Å². The molecule has 0 bridgehead atoms. The number of aryl methyl sites for hydroxylation is 1. The first-order valence-electron chi connectivity index (χ1n) is 10.2. The molecule has 3 heteroatoms. The Balaban J connectivity index is 1.49. The Morgan fingerprint density at radius 3 is 2.70 bits per heavy atom. The van der Waals surface area contributed by atoms with Gasteiger partial charge in [0.15, 0.2) is 0 Å². The zero-order valence-electron chi connectivity index (χ0n) is 16.2. The first-order valence-corrected chi connectivity index (χ1v) is 10.2. The van der Waals surface area contributed by atoms with Gasteiger partial charge in [0.05, 0.1) is 13.2 Å². The molecule has 2 unspecified atom stereocenters. The van der Waals surface area contributed by atoms with Crippen LogP contribution in [0.5, 0.6) is 0 Å². The fraction of sp³-hybridized carbons (Fsp3) is 0.417. The Morgan fingerprint density at radius 2 is 1.93 bits per heavy atom. The zero-order valence-corrected chi connectivity index (χ0v) is 16.2. The summed E-state index contributed by atoms with van der Waals surface area (Å²) in [7, 11) is 2.48. The summed E-state index contributed by atoms with van der Waals surface area (Å²) in [6.07, 6.45) is 5.23. The lowest BCUT2D eigenvalue weighted by molar-refractivity contribution is 0.108. The van der Waals surface area contributed by atoms with Gasteiger partial charge in [0.1, 0.15) is 13.3 Å². The molecular formula is C24H27BNO. The van der Waals surface area contributed by atoms with E-state index >= 15 is 0 Å². The summed E-state index contributed by atoms with van der Waals surface area (Å²) in [6, 6.07) is 17.5. The largest absolute Gasteiger partial charge is 0.376 e. The van der Waals surface area contributed by atoms with Gasteiger partial charge in [0.25, 0.3) is 0 Å². The highest BCUT2D eigenvalue weighted by Gasteiger charge is 2.22. The number of hydrogen-bond acceptors (Lipinski definition) is 2. The van der Waals surface area contributed by atoms with Gasteiger partial charge in [-0.3, -0.25) is 0 Å². The van der Waals surface area contributed by atoms with Crippen LogP contribution in [0.15, 0.2) is 48.5 Å². The van der Waals surface area contributed by atoms with Crippen molar-refractivity contribution < 1.29 is 4.74 Å². The van der Waals surface area contributed by atoms with Crippen molar-refractivity contribution in [2.45, 2.75) is 44.4 Å². The van der Waals surface area contributed by atoms with Crippen molar-refractivity contribution in [3.8, 4) is 11.8 Å². The molecule has 2 aromatic rings. The number of para-hydroxylation sites is 1. The van der Waals surface area contributed by atoms with E-state index in [2.05, 4.69) is 79.5 Å². The first kappa shape index (κ1) is 18.2. The van der Waals surface area contributed by atoms with Gasteiger partial charge < -0.3 is 9.64 Å². The number of anilines is 1. The van der Waals surface area contributed by atoms with Crippen LogP contribution in [-0.2, 0) is 4.74 Å². The summed E-state index contributed by atoms with van der Waals surface area (Å²) >= 11 is 0. The van der Waals surface area contributed by atoms with E-state index in [0.29, 0.717) is 12.4 Å². The van der Waals surface area contributed by atoms with Gasteiger partial charge in [-0.1, -0.05) is 73.3 Å². The minimum Gasteiger partial charge on any atom is -0.376 e. The van der Waals surface area contributed by atoms with Crippen molar-refractivity contribution in [1.29, 1.82) is 0 Å². The molecule has 2 aliphatic rings. The van der Waals surface area contributed by atoms with Crippen LogP contribution < -0.4 is 4.90 Å². The van der Waals surface area contributed by atoms with E-state index < -0.39 is 0 Å². The maximum absolute atomic E-state index is 5.71. The Kier molecular flexibility index (Phi) is 5.85. The lowest BCUT2D eigenvalue weighted by Gasteiger charge is -2.35. The molecule has 0 N–H and O–H groups in total. The molecule has 2 nitrogen and oxygen atoms in total. The van der Waals surface area contributed by atoms with E-state index in [9.17, 15) is 0 Å². The van der Waals surface area contributed by atoms with E-state index in [1.165, 1.54) is 42.4 Å². The number of nitrogens with zero attached hydrogens (tertiary/aromatic N) is 1. The van der Waals surface area contributed by atoms with Crippen LogP contribution in [0.1, 0.15) is 41.8 Å². The molecule has 0 aromatic heterocycles. The zero-order chi connectivity index (χ0) is 18.5. The van der Waals surface area contributed by atoms with Gasteiger partial charge in [-0.25, -0.2) is 0 Å². The third-order valence-electron chi connectivity index (χ3n) is 5.70. The van der Waals surface area contributed by atoms with E-state index in [4.69, 9.17) is 4.74 Å². The second kappa shape index (κ2) is 8.68. The minimum atomic E-state index is 0.103. The molecule has 2 aliphatic heterocycles. The van der Waals surface area contributed by atoms with Gasteiger partial charge in [-0.15, -0.1) is 0 Å². The van der Waals surface area contributed by atoms with E-state index in [1.807, 2.05) is 0 Å². The summed E-state index contributed by atoms with van der Waals surface area (Å²) < 4.78 is 5.71. The topological polar surface area (TPSA) is 12.5 Å². The normalized spacial score (nSPS) is 22.5. The second-order valence-corrected chi connectivity index (χ2v) is 7.59. The summed E-state index contributed by atoms with van der Waals surface area (Å²) in [5, 5.41) is 0. The number of hydrogen-bond donors (Lipinski definition) is 0. The van der Waals surface area contributed by atoms with Gasteiger partial charge in [0.2, 0.25) is 0 Å². The number of ether oxygens (including phenoxy) is 1. The molecule has 0 spiro atoms. The van der Waals surface area contributed by atoms with Crippen molar-refractivity contribution in [1.82, 2.24) is 0 Å². The van der Waals surface area contributed by atoms with Crippen molar-refractivity contribution in [2.75, 3.05) is 24.7 Å². The summed E-state index contributed by atoms with van der Waals surface area (Å²) in [4.78, 5) is 2.39. The standard InChI is InChI=1S/C24H27BNO/c1-19-6-2-3-8-24(19)26-16-17-27-18-22(26)14-11-20-9-12-21(13-10-20)23-7-4-5-15-25-23/h2-3,6,8-10,12-13,22-23H,4-5,7,15-18H2,1H3. The number of benzene rings is 2. The highest BCUT2D eigenvalue weighted by molar-refractivity contribution is 6.38. The molecular weight excluding hydrogens is 329 g/mol. The van der Waals surface area contributed by atoms with Crippen molar-refractivity contribution in [3.63, 3.8) is 0 Å². The van der Waals surface area contributed by atoms with Gasteiger partial charge in [0, 0.05) is 17.8 Å². The van der Waals surface area contributed by atoms with Gasteiger partial charge in [-0.05, 0) is 36.5 Å². The number of rotatable bonds is 2. The molecule has 0 amide bonds.